The lowest BCUT2D eigenvalue weighted by Gasteiger charge is -2.05. The third-order valence-corrected chi connectivity index (χ3v) is 5.47. The van der Waals surface area contributed by atoms with Gasteiger partial charge < -0.3 is 4.57 Å². The zero-order valence-electron chi connectivity index (χ0n) is 14.6. The summed E-state index contributed by atoms with van der Waals surface area (Å²) < 4.78 is 2.06. The summed E-state index contributed by atoms with van der Waals surface area (Å²) in [5.74, 6) is 0. The molecule has 0 unspecified atom stereocenters. The summed E-state index contributed by atoms with van der Waals surface area (Å²) in [6.07, 6.45) is 5.46. The summed E-state index contributed by atoms with van der Waals surface area (Å²) in [4.78, 5) is 16.5. The highest BCUT2D eigenvalue weighted by molar-refractivity contribution is 7.99. The maximum Gasteiger partial charge on any atom is 0.283 e. The predicted octanol–water partition coefficient (Wildman–Crippen LogP) is 5.02. The van der Waals surface area contributed by atoms with Crippen LogP contribution >= 0.6 is 11.8 Å². The fourth-order valence-corrected chi connectivity index (χ4v) is 4.13. The second-order valence-corrected chi connectivity index (χ2v) is 7.23. The van der Waals surface area contributed by atoms with Crippen molar-refractivity contribution in [2.75, 3.05) is 0 Å². The molecule has 4 rings (SSSR count). The van der Waals surface area contributed by atoms with Gasteiger partial charge in [0.05, 0.1) is 27.0 Å². The Morgan fingerprint density at radius 3 is 2.64 bits per heavy atom. The number of nitro groups is 1. The minimum absolute atomic E-state index is 0.0798. The smallest absolute Gasteiger partial charge is 0.283 e. The highest BCUT2D eigenvalue weighted by Gasteiger charge is 2.17. The Bertz CT molecular complexity index is 1210. The van der Waals surface area contributed by atoms with Crippen molar-refractivity contribution in [1.29, 1.82) is 5.26 Å². The first-order valence-electron chi connectivity index (χ1n) is 8.49. The number of hydrogen-bond donors (Lipinski definition) is 0. The zero-order valence-corrected chi connectivity index (χ0v) is 15.5. The van der Waals surface area contributed by atoms with Gasteiger partial charge in [-0.15, -0.1) is 0 Å². The van der Waals surface area contributed by atoms with E-state index in [1.165, 1.54) is 17.8 Å². The largest absolute Gasteiger partial charge is 0.342 e. The number of nitro benzene ring substituents is 1. The van der Waals surface area contributed by atoms with Crippen LogP contribution in [0.25, 0.3) is 10.9 Å². The van der Waals surface area contributed by atoms with Gasteiger partial charge in [0.15, 0.2) is 0 Å². The van der Waals surface area contributed by atoms with Crippen LogP contribution < -0.4 is 0 Å². The van der Waals surface area contributed by atoms with E-state index >= 15 is 0 Å². The maximum absolute atomic E-state index is 11.4. The Kier molecular flexibility index (Phi) is 4.79. The van der Waals surface area contributed by atoms with Crippen LogP contribution in [-0.4, -0.2) is 14.5 Å². The van der Waals surface area contributed by atoms with E-state index in [-0.39, 0.29) is 10.6 Å². The molecular formula is C21H14N4O2S. The van der Waals surface area contributed by atoms with Crippen molar-refractivity contribution in [3.8, 4) is 6.07 Å². The van der Waals surface area contributed by atoms with Crippen LogP contribution in [0, 0.1) is 21.4 Å². The van der Waals surface area contributed by atoms with E-state index in [0.29, 0.717) is 17.0 Å². The molecule has 0 aliphatic carbocycles. The molecule has 2 aromatic carbocycles. The lowest BCUT2D eigenvalue weighted by molar-refractivity contribution is -0.387. The third-order valence-electron chi connectivity index (χ3n) is 4.36. The third kappa shape index (κ3) is 3.46. The topological polar surface area (TPSA) is 84.7 Å². The van der Waals surface area contributed by atoms with Crippen molar-refractivity contribution in [2.45, 2.75) is 16.3 Å². The molecule has 0 aliphatic rings. The van der Waals surface area contributed by atoms with E-state index < -0.39 is 0 Å². The molecule has 0 saturated carbocycles. The van der Waals surface area contributed by atoms with Crippen molar-refractivity contribution >= 4 is 28.4 Å². The first-order chi connectivity index (χ1) is 13.7. The Morgan fingerprint density at radius 1 is 1.11 bits per heavy atom. The van der Waals surface area contributed by atoms with Gasteiger partial charge in [0.25, 0.3) is 5.69 Å². The molecule has 0 aliphatic heterocycles. The molecule has 2 aromatic heterocycles. The molecule has 0 N–H and O–H groups in total. The first-order valence-corrected chi connectivity index (χ1v) is 9.30. The molecule has 2 heterocycles. The van der Waals surface area contributed by atoms with Crippen LogP contribution in [0.5, 0.6) is 0 Å². The number of hydrogen-bond acceptors (Lipinski definition) is 5. The highest BCUT2D eigenvalue weighted by Crippen LogP contribution is 2.39. The van der Waals surface area contributed by atoms with E-state index in [4.69, 9.17) is 0 Å². The fourth-order valence-electron chi connectivity index (χ4n) is 3.04. The van der Waals surface area contributed by atoms with Crippen LogP contribution in [-0.2, 0) is 6.54 Å². The van der Waals surface area contributed by atoms with Crippen LogP contribution in [0.3, 0.4) is 0 Å². The molecular weight excluding hydrogens is 372 g/mol. The van der Waals surface area contributed by atoms with Gasteiger partial charge in [-0.3, -0.25) is 15.1 Å². The van der Waals surface area contributed by atoms with Crippen LogP contribution in [0.15, 0.2) is 83.0 Å². The van der Waals surface area contributed by atoms with Gasteiger partial charge in [-0.2, -0.15) is 5.26 Å². The summed E-state index contributed by atoms with van der Waals surface area (Å²) in [5, 5.41) is 21.6. The molecule has 0 saturated heterocycles. The molecule has 0 bridgehead atoms. The summed E-state index contributed by atoms with van der Waals surface area (Å²) in [6, 6.07) is 18.3. The number of benzene rings is 2. The Morgan fingerprint density at radius 2 is 1.89 bits per heavy atom. The van der Waals surface area contributed by atoms with Crippen molar-refractivity contribution in [2.24, 2.45) is 0 Å². The molecule has 0 fully saturated rings. The minimum atomic E-state index is -0.369. The highest BCUT2D eigenvalue weighted by atomic mass is 32.2. The summed E-state index contributed by atoms with van der Waals surface area (Å²) in [6.45, 7) is 0.616. The SMILES string of the molecule is N#Cc1ccc2c(Sc3ccccc3[N+](=O)[O-])cn(Cc3ccncc3)c2c1. The van der Waals surface area contributed by atoms with Gasteiger partial charge in [0.2, 0.25) is 0 Å². The van der Waals surface area contributed by atoms with Crippen LogP contribution in [0.2, 0.25) is 0 Å². The fraction of sp³-hybridized carbons (Fsp3) is 0.0476. The number of fused-ring (bicyclic) bond motifs is 1. The Labute approximate surface area is 165 Å². The van der Waals surface area contributed by atoms with E-state index in [1.54, 1.807) is 36.7 Å². The van der Waals surface area contributed by atoms with Crippen molar-refractivity contribution < 1.29 is 4.92 Å². The number of nitriles is 1. The van der Waals surface area contributed by atoms with E-state index in [0.717, 1.165) is 21.4 Å². The Hall–Kier alpha value is -3.63. The lowest BCUT2D eigenvalue weighted by Crippen LogP contribution is -1.98. The molecule has 4 aromatic rings. The number of pyridine rings is 1. The molecule has 0 atom stereocenters. The number of nitrogens with zero attached hydrogens (tertiary/aromatic N) is 4. The molecule has 6 nitrogen and oxygen atoms in total. The average molecular weight is 386 g/mol. The molecule has 7 heteroatoms. The van der Waals surface area contributed by atoms with E-state index in [9.17, 15) is 15.4 Å². The summed E-state index contributed by atoms with van der Waals surface area (Å²) in [7, 11) is 0. The number of rotatable bonds is 5. The van der Waals surface area contributed by atoms with Crippen molar-refractivity contribution in [3.63, 3.8) is 0 Å². The Balaban J connectivity index is 1.81. The normalized spacial score (nSPS) is 10.7. The van der Waals surface area contributed by atoms with Gasteiger partial charge in [0.1, 0.15) is 0 Å². The van der Waals surface area contributed by atoms with E-state index in [2.05, 4.69) is 15.6 Å². The van der Waals surface area contributed by atoms with Gasteiger partial charge in [-0.25, -0.2) is 0 Å². The van der Waals surface area contributed by atoms with Gasteiger partial charge in [-0.05, 0) is 35.9 Å². The molecule has 0 amide bonds. The van der Waals surface area contributed by atoms with Crippen molar-refractivity contribution in [1.82, 2.24) is 9.55 Å². The van der Waals surface area contributed by atoms with E-state index in [1.807, 2.05) is 30.5 Å². The molecule has 28 heavy (non-hydrogen) atoms. The zero-order chi connectivity index (χ0) is 19.5. The quantitative estimate of drug-likeness (QED) is 0.355. The predicted molar refractivity (Wildman–Crippen MR) is 107 cm³/mol. The minimum Gasteiger partial charge on any atom is -0.342 e. The standard InChI is InChI=1S/C21H14N4O2S/c22-12-16-5-6-17-19(11-16)24(13-15-7-9-23-10-8-15)14-21(17)28-20-4-2-1-3-18(20)25(26)27/h1-11,14H,13H2. The second-order valence-electron chi connectivity index (χ2n) is 6.15. The van der Waals surface area contributed by atoms with Crippen LogP contribution in [0.4, 0.5) is 5.69 Å². The van der Waals surface area contributed by atoms with Crippen molar-refractivity contribution in [3.05, 3.63) is 94.4 Å². The number of para-hydroxylation sites is 1. The first kappa shape index (κ1) is 17.8. The molecule has 136 valence electrons. The monoisotopic (exact) mass is 386 g/mol. The van der Waals surface area contributed by atoms with Gasteiger partial charge in [-0.1, -0.05) is 30.0 Å². The lowest BCUT2D eigenvalue weighted by atomic mass is 10.2. The number of aromatic nitrogens is 2. The summed E-state index contributed by atoms with van der Waals surface area (Å²) in [5.41, 5.74) is 2.65. The molecule has 0 radical (unpaired) electrons. The second kappa shape index (κ2) is 7.55. The van der Waals surface area contributed by atoms with Crippen LogP contribution in [0.1, 0.15) is 11.1 Å². The maximum atomic E-state index is 11.4. The van der Waals surface area contributed by atoms with Gasteiger partial charge in [0, 0.05) is 41.5 Å². The summed E-state index contributed by atoms with van der Waals surface area (Å²) >= 11 is 1.36. The van der Waals surface area contributed by atoms with Gasteiger partial charge >= 0.3 is 0 Å². The molecule has 0 spiro atoms. The average Bonchev–Trinajstić information content (AvgIpc) is 3.05.